The lowest BCUT2D eigenvalue weighted by Crippen LogP contribution is -2.45. The molecule has 32 heavy (non-hydrogen) atoms. The van der Waals surface area contributed by atoms with Crippen LogP contribution in [0.5, 0.6) is 0 Å². The molecule has 2 aromatic carbocycles. The third kappa shape index (κ3) is 6.15. The monoisotopic (exact) mass is 508 g/mol. The van der Waals surface area contributed by atoms with Crippen LogP contribution < -0.4 is 5.32 Å². The Labute approximate surface area is 194 Å². The van der Waals surface area contributed by atoms with Crippen LogP contribution in [0.4, 0.5) is 13.2 Å². The highest BCUT2D eigenvalue weighted by Crippen LogP contribution is 2.30. The molecule has 1 saturated heterocycles. The van der Waals surface area contributed by atoms with Crippen molar-refractivity contribution in [1.29, 1.82) is 0 Å². The Morgan fingerprint density at radius 2 is 1.78 bits per heavy atom. The lowest BCUT2D eigenvalue weighted by atomic mass is 9.98. The molecule has 1 aliphatic rings. The van der Waals surface area contributed by atoms with Crippen LogP contribution in [0.1, 0.15) is 29.5 Å². The number of carbonyl (C=O) groups is 1. The lowest BCUT2D eigenvalue weighted by molar-refractivity contribution is -0.137. The summed E-state index contributed by atoms with van der Waals surface area (Å²) in [6.45, 7) is 0.169. The van der Waals surface area contributed by atoms with Crippen LogP contribution in [0.2, 0.25) is 10.0 Å². The zero-order valence-electron chi connectivity index (χ0n) is 16.8. The van der Waals surface area contributed by atoms with E-state index in [0.717, 1.165) is 12.1 Å². The molecule has 0 spiro atoms. The van der Waals surface area contributed by atoms with E-state index in [-0.39, 0.29) is 35.4 Å². The van der Waals surface area contributed by atoms with Crippen molar-refractivity contribution in [2.45, 2.75) is 31.3 Å². The number of sulfonamides is 1. The smallest absolute Gasteiger partial charge is 0.352 e. The van der Waals surface area contributed by atoms with E-state index >= 15 is 0 Å². The number of carbonyl (C=O) groups excluding carboxylic acids is 1. The van der Waals surface area contributed by atoms with Crippen molar-refractivity contribution < 1.29 is 26.4 Å². The zero-order chi connectivity index (χ0) is 23.5. The van der Waals surface area contributed by atoms with Gasteiger partial charge in [0, 0.05) is 35.2 Å². The van der Waals surface area contributed by atoms with Crippen LogP contribution in [0, 0.1) is 5.92 Å². The third-order valence-electron chi connectivity index (χ3n) is 5.26. The summed E-state index contributed by atoms with van der Waals surface area (Å²) in [7, 11) is -3.78. The van der Waals surface area contributed by atoms with Crippen molar-refractivity contribution >= 4 is 39.1 Å². The van der Waals surface area contributed by atoms with Gasteiger partial charge in [0.2, 0.25) is 15.9 Å². The van der Waals surface area contributed by atoms with Gasteiger partial charge in [-0.15, -0.1) is 0 Å². The van der Waals surface area contributed by atoms with Crippen molar-refractivity contribution in [2.75, 3.05) is 13.1 Å². The second-order valence-corrected chi connectivity index (χ2v) is 10.4. The predicted molar refractivity (Wildman–Crippen MR) is 117 cm³/mol. The number of benzene rings is 2. The molecule has 0 radical (unpaired) electrons. The Hall–Kier alpha value is -1.81. The molecular formula is C21H21Cl2F3N2O3S. The fourth-order valence-electron chi connectivity index (χ4n) is 3.54. The van der Waals surface area contributed by atoms with Crippen LogP contribution >= 0.6 is 23.2 Å². The minimum absolute atomic E-state index is 0.0151. The van der Waals surface area contributed by atoms with E-state index in [1.807, 2.05) is 0 Å². The number of nitrogens with zero attached hydrogens (tertiary/aromatic N) is 1. The SMILES string of the molecule is O=C(NCc1cccc(C(F)(F)F)c1)[C@@H]1CCCN(S(=O)(=O)Cc2c(Cl)cccc2Cl)C1. The van der Waals surface area contributed by atoms with E-state index in [4.69, 9.17) is 23.2 Å². The Balaban J connectivity index is 1.63. The molecule has 11 heteroatoms. The van der Waals surface area contributed by atoms with Crippen molar-refractivity contribution in [2.24, 2.45) is 5.92 Å². The highest BCUT2D eigenvalue weighted by Gasteiger charge is 2.33. The number of amides is 1. The fourth-order valence-corrected chi connectivity index (χ4v) is 5.91. The van der Waals surface area contributed by atoms with Gasteiger partial charge in [-0.25, -0.2) is 12.7 Å². The summed E-state index contributed by atoms with van der Waals surface area (Å²) in [5.74, 6) is -1.39. The topological polar surface area (TPSA) is 66.5 Å². The Morgan fingerprint density at radius 3 is 2.44 bits per heavy atom. The lowest BCUT2D eigenvalue weighted by Gasteiger charge is -2.31. The summed E-state index contributed by atoms with van der Waals surface area (Å²) in [6, 6.07) is 9.43. The van der Waals surface area contributed by atoms with Gasteiger partial charge >= 0.3 is 6.18 Å². The Kier molecular flexibility index (Phi) is 7.75. The average Bonchev–Trinajstić information content (AvgIpc) is 2.74. The number of piperidine rings is 1. The molecule has 0 aromatic heterocycles. The number of nitrogens with one attached hydrogen (secondary N) is 1. The molecule has 2 aromatic rings. The molecule has 5 nitrogen and oxygen atoms in total. The quantitative estimate of drug-likeness (QED) is 0.605. The number of rotatable bonds is 6. The molecule has 1 fully saturated rings. The third-order valence-corrected chi connectivity index (χ3v) is 7.74. The van der Waals surface area contributed by atoms with Gasteiger partial charge < -0.3 is 5.32 Å². The van der Waals surface area contributed by atoms with Crippen molar-refractivity contribution in [3.05, 3.63) is 69.2 Å². The first-order valence-corrected chi connectivity index (χ1v) is 12.2. The average molecular weight is 509 g/mol. The second-order valence-electron chi connectivity index (χ2n) is 7.57. The Morgan fingerprint density at radius 1 is 1.12 bits per heavy atom. The van der Waals surface area contributed by atoms with E-state index < -0.39 is 33.6 Å². The normalized spacial score (nSPS) is 17.8. The van der Waals surface area contributed by atoms with E-state index in [0.29, 0.717) is 24.0 Å². The highest BCUT2D eigenvalue weighted by molar-refractivity contribution is 7.88. The molecule has 0 bridgehead atoms. The largest absolute Gasteiger partial charge is 0.416 e. The highest BCUT2D eigenvalue weighted by atomic mass is 35.5. The van der Waals surface area contributed by atoms with Crippen molar-refractivity contribution in [3.63, 3.8) is 0 Å². The van der Waals surface area contributed by atoms with Gasteiger partial charge in [-0.2, -0.15) is 13.2 Å². The zero-order valence-corrected chi connectivity index (χ0v) is 19.2. The van der Waals surface area contributed by atoms with Gasteiger partial charge in [0.1, 0.15) is 0 Å². The molecule has 3 rings (SSSR count). The van der Waals surface area contributed by atoms with Gasteiger partial charge in [0.05, 0.1) is 17.2 Å². The van der Waals surface area contributed by atoms with Gasteiger partial charge in [0.25, 0.3) is 0 Å². The first-order valence-electron chi connectivity index (χ1n) is 9.82. The van der Waals surface area contributed by atoms with Crippen LogP contribution in [0.25, 0.3) is 0 Å². The standard InChI is InChI=1S/C21H21Cl2F3N2O3S/c22-18-7-2-8-19(23)17(18)13-32(30,31)28-9-3-5-15(12-28)20(29)27-11-14-4-1-6-16(10-14)21(24,25)26/h1-2,4,6-8,10,15H,3,5,9,11-13H2,(H,27,29)/t15-/m1/s1. The summed E-state index contributed by atoms with van der Waals surface area (Å²) in [4.78, 5) is 12.6. The minimum Gasteiger partial charge on any atom is -0.352 e. The molecule has 0 aliphatic carbocycles. The molecule has 0 unspecified atom stereocenters. The minimum atomic E-state index is -4.47. The molecule has 174 valence electrons. The maximum absolute atomic E-state index is 12.9. The van der Waals surface area contributed by atoms with Crippen LogP contribution in [-0.4, -0.2) is 31.7 Å². The molecule has 0 saturated carbocycles. The van der Waals surface area contributed by atoms with Crippen molar-refractivity contribution in [1.82, 2.24) is 9.62 Å². The second kappa shape index (κ2) is 9.99. The summed E-state index contributed by atoms with van der Waals surface area (Å²) in [5.41, 5.74) is -0.189. The molecule has 1 atom stereocenters. The number of hydrogen-bond donors (Lipinski definition) is 1. The predicted octanol–water partition coefficient (Wildman–Crippen LogP) is 4.87. The maximum atomic E-state index is 12.9. The summed E-state index contributed by atoms with van der Waals surface area (Å²) < 4.78 is 65.6. The molecule has 1 amide bonds. The van der Waals surface area contributed by atoms with Gasteiger partial charge in [-0.3, -0.25) is 4.79 Å². The first-order chi connectivity index (χ1) is 15.0. The van der Waals surface area contributed by atoms with Gasteiger partial charge in [-0.05, 0) is 42.7 Å². The van der Waals surface area contributed by atoms with Crippen molar-refractivity contribution in [3.8, 4) is 0 Å². The van der Waals surface area contributed by atoms with E-state index in [2.05, 4.69) is 5.32 Å². The van der Waals surface area contributed by atoms with Crippen LogP contribution in [-0.2, 0) is 33.3 Å². The molecule has 1 N–H and O–H groups in total. The van der Waals surface area contributed by atoms with Gasteiger partial charge in [-0.1, -0.05) is 41.4 Å². The fraction of sp³-hybridized carbons (Fsp3) is 0.381. The Bertz CT molecular complexity index is 1070. The van der Waals surface area contributed by atoms with Crippen LogP contribution in [0.3, 0.4) is 0 Å². The molecule has 1 heterocycles. The summed E-state index contributed by atoms with van der Waals surface area (Å²) in [5, 5.41) is 3.11. The number of halogens is 5. The number of hydrogen-bond acceptors (Lipinski definition) is 3. The van der Waals surface area contributed by atoms with Crippen LogP contribution in [0.15, 0.2) is 42.5 Å². The molecule has 1 aliphatic heterocycles. The van der Waals surface area contributed by atoms with E-state index in [1.165, 1.54) is 16.4 Å². The summed E-state index contributed by atoms with van der Waals surface area (Å²) >= 11 is 12.2. The van der Waals surface area contributed by atoms with E-state index in [1.54, 1.807) is 18.2 Å². The maximum Gasteiger partial charge on any atom is 0.416 e. The first kappa shape index (κ1) is 24.8. The van der Waals surface area contributed by atoms with E-state index in [9.17, 15) is 26.4 Å². The van der Waals surface area contributed by atoms with Gasteiger partial charge in [0.15, 0.2) is 0 Å². The summed E-state index contributed by atoms with van der Waals surface area (Å²) in [6.07, 6.45) is -3.51. The number of alkyl halides is 3. The molecular weight excluding hydrogens is 488 g/mol.